The molecule has 1 aromatic heterocycles. The second kappa shape index (κ2) is 5.99. The maximum Gasteiger partial charge on any atom is 0.257 e. The second-order valence-electron chi connectivity index (χ2n) is 6.22. The molecule has 118 valence electrons. The first-order chi connectivity index (χ1) is 11.3. The van der Waals surface area contributed by atoms with Crippen LogP contribution in [0.3, 0.4) is 0 Å². The summed E-state index contributed by atoms with van der Waals surface area (Å²) in [6, 6.07) is 10.3. The number of benzene rings is 1. The van der Waals surface area contributed by atoms with E-state index in [2.05, 4.69) is 27.0 Å². The van der Waals surface area contributed by atoms with Crippen LogP contribution >= 0.6 is 0 Å². The van der Waals surface area contributed by atoms with Crippen molar-refractivity contribution in [1.29, 1.82) is 0 Å². The summed E-state index contributed by atoms with van der Waals surface area (Å²) in [5, 5.41) is 0. The molecule has 0 radical (unpaired) electrons. The minimum Gasteiger partial charge on any atom is -0.368 e. The molecule has 0 atom stereocenters. The summed E-state index contributed by atoms with van der Waals surface area (Å²) in [5.41, 5.74) is 1.82. The first kappa shape index (κ1) is 14.2. The van der Waals surface area contributed by atoms with E-state index in [1.165, 1.54) is 18.5 Å². The van der Waals surface area contributed by atoms with Gasteiger partial charge in [0.05, 0.1) is 5.56 Å². The molecular weight excluding hydrogens is 288 g/mol. The van der Waals surface area contributed by atoms with E-state index in [1.807, 2.05) is 23.1 Å². The standard InChI is InChI=1S/C18H20N4O/c23-18(15-12-19-17(20-13-15)14-6-7-14)22-10-8-21(9-11-22)16-4-2-1-3-5-16/h1-5,12-14H,6-11H2. The van der Waals surface area contributed by atoms with Gasteiger partial charge in [0.25, 0.3) is 5.91 Å². The summed E-state index contributed by atoms with van der Waals surface area (Å²) in [6.45, 7) is 3.18. The smallest absolute Gasteiger partial charge is 0.257 e. The number of rotatable bonds is 3. The molecule has 23 heavy (non-hydrogen) atoms. The zero-order valence-corrected chi connectivity index (χ0v) is 13.1. The predicted molar refractivity (Wildman–Crippen MR) is 88.6 cm³/mol. The van der Waals surface area contributed by atoms with Crippen molar-refractivity contribution in [2.75, 3.05) is 31.1 Å². The van der Waals surface area contributed by atoms with E-state index in [4.69, 9.17) is 0 Å². The molecule has 1 aliphatic carbocycles. The van der Waals surface area contributed by atoms with Crippen LogP contribution in [0.25, 0.3) is 0 Å². The molecule has 1 aliphatic heterocycles. The lowest BCUT2D eigenvalue weighted by molar-refractivity contribution is 0.0746. The van der Waals surface area contributed by atoms with Crippen molar-refractivity contribution in [3.63, 3.8) is 0 Å². The summed E-state index contributed by atoms with van der Waals surface area (Å²) >= 11 is 0. The van der Waals surface area contributed by atoms with E-state index in [0.717, 1.165) is 32.0 Å². The fourth-order valence-corrected chi connectivity index (χ4v) is 2.99. The number of aromatic nitrogens is 2. The number of carbonyl (C=O) groups excluding carboxylic acids is 1. The highest BCUT2D eigenvalue weighted by Gasteiger charge is 2.27. The molecule has 2 heterocycles. The van der Waals surface area contributed by atoms with Crippen molar-refractivity contribution < 1.29 is 4.79 Å². The number of para-hydroxylation sites is 1. The summed E-state index contributed by atoms with van der Waals surface area (Å²) in [7, 11) is 0. The van der Waals surface area contributed by atoms with Crippen LogP contribution in [-0.2, 0) is 0 Å². The van der Waals surface area contributed by atoms with Crippen LogP contribution in [0, 0.1) is 0 Å². The third-order valence-corrected chi connectivity index (χ3v) is 4.55. The van der Waals surface area contributed by atoms with Crippen LogP contribution in [0.15, 0.2) is 42.7 Å². The molecule has 0 bridgehead atoms. The molecule has 0 unspecified atom stereocenters. The molecule has 2 aromatic rings. The van der Waals surface area contributed by atoms with Crippen molar-refractivity contribution in [3.05, 3.63) is 54.1 Å². The van der Waals surface area contributed by atoms with E-state index >= 15 is 0 Å². The van der Waals surface area contributed by atoms with Crippen molar-refractivity contribution in [2.24, 2.45) is 0 Å². The fourth-order valence-electron chi connectivity index (χ4n) is 2.99. The van der Waals surface area contributed by atoms with Gasteiger partial charge in [-0.15, -0.1) is 0 Å². The molecule has 1 aromatic carbocycles. The normalized spacial score (nSPS) is 18.1. The number of piperazine rings is 1. The van der Waals surface area contributed by atoms with Gasteiger partial charge in [0.1, 0.15) is 5.82 Å². The van der Waals surface area contributed by atoms with Gasteiger partial charge < -0.3 is 9.80 Å². The summed E-state index contributed by atoms with van der Waals surface area (Å²) in [6.07, 6.45) is 5.72. The highest BCUT2D eigenvalue weighted by atomic mass is 16.2. The molecule has 0 N–H and O–H groups in total. The van der Waals surface area contributed by atoms with Crippen molar-refractivity contribution >= 4 is 11.6 Å². The van der Waals surface area contributed by atoms with E-state index in [0.29, 0.717) is 11.5 Å². The Labute approximate surface area is 136 Å². The first-order valence-electron chi connectivity index (χ1n) is 8.22. The molecule has 2 fully saturated rings. The first-order valence-corrected chi connectivity index (χ1v) is 8.22. The maximum absolute atomic E-state index is 12.6. The van der Waals surface area contributed by atoms with Crippen molar-refractivity contribution in [2.45, 2.75) is 18.8 Å². The van der Waals surface area contributed by atoms with E-state index in [1.54, 1.807) is 12.4 Å². The highest BCUT2D eigenvalue weighted by Crippen LogP contribution is 2.37. The monoisotopic (exact) mass is 308 g/mol. The van der Waals surface area contributed by atoms with Crippen LogP contribution in [0.1, 0.15) is 34.9 Å². The number of anilines is 1. The van der Waals surface area contributed by atoms with Crippen LogP contribution in [0.2, 0.25) is 0 Å². The summed E-state index contributed by atoms with van der Waals surface area (Å²) < 4.78 is 0. The number of nitrogens with zero attached hydrogens (tertiary/aromatic N) is 4. The molecule has 1 amide bonds. The Morgan fingerprint density at radius 3 is 2.22 bits per heavy atom. The lowest BCUT2D eigenvalue weighted by Crippen LogP contribution is -2.48. The largest absolute Gasteiger partial charge is 0.368 e. The van der Waals surface area contributed by atoms with Gasteiger partial charge >= 0.3 is 0 Å². The number of hydrogen-bond acceptors (Lipinski definition) is 4. The predicted octanol–water partition coefficient (Wildman–Crippen LogP) is 2.32. The minimum atomic E-state index is 0.0417. The molecule has 5 heteroatoms. The minimum absolute atomic E-state index is 0.0417. The van der Waals surface area contributed by atoms with E-state index < -0.39 is 0 Å². The molecule has 0 spiro atoms. The lowest BCUT2D eigenvalue weighted by Gasteiger charge is -2.36. The Morgan fingerprint density at radius 1 is 0.957 bits per heavy atom. The molecule has 4 rings (SSSR count). The zero-order valence-electron chi connectivity index (χ0n) is 13.1. The Balaban J connectivity index is 1.38. The Hall–Kier alpha value is -2.43. The van der Waals surface area contributed by atoms with E-state index in [-0.39, 0.29) is 5.91 Å². The highest BCUT2D eigenvalue weighted by molar-refractivity contribution is 5.93. The van der Waals surface area contributed by atoms with Gasteiger partial charge in [-0.2, -0.15) is 0 Å². The number of carbonyl (C=O) groups is 1. The Morgan fingerprint density at radius 2 is 1.61 bits per heavy atom. The topological polar surface area (TPSA) is 49.3 Å². The van der Waals surface area contributed by atoms with Gasteiger partial charge in [-0.3, -0.25) is 4.79 Å². The summed E-state index contributed by atoms with van der Waals surface area (Å²) in [5.74, 6) is 1.45. The maximum atomic E-state index is 12.6. The van der Waals surface area contributed by atoms with Gasteiger partial charge in [-0.25, -0.2) is 9.97 Å². The number of hydrogen-bond donors (Lipinski definition) is 0. The van der Waals surface area contributed by atoms with Crippen LogP contribution in [0.4, 0.5) is 5.69 Å². The second-order valence-corrected chi connectivity index (χ2v) is 6.22. The molecule has 5 nitrogen and oxygen atoms in total. The number of amides is 1. The molecule has 2 aliphatic rings. The average Bonchev–Trinajstić information content (AvgIpc) is 3.47. The van der Waals surface area contributed by atoms with Gasteiger partial charge in [-0.05, 0) is 25.0 Å². The lowest BCUT2D eigenvalue weighted by atomic mass is 10.2. The van der Waals surface area contributed by atoms with Crippen LogP contribution in [-0.4, -0.2) is 47.0 Å². The fraction of sp³-hybridized carbons (Fsp3) is 0.389. The quantitative estimate of drug-likeness (QED) is 0.873. The van der Waals surface area contributed by atoms with Crippen molar-refractivity contribution in [3.8, 4) is 0 Å². The van der Waals surface area contributed by atoms with E-state index in [9.17, 15) is 4.79 Å². The third-order valence-electron chi connectivity index (χ3n) is 4.55. The molecule has 1 saturated heterocycles. The van der Waals surface area contributed by atoms with Gasteiger partial charge in [0, 0.05) is 50.2 Å². The Kier molecular flexibility index (Phi) is 3.69. The molecular formula is C18H20N4O. The van der Waals surface area contributed by atoms with Gasteiger partial charge in [-0.1, -0.05) is 18.2 Å². The van der Waals surface area contributed by atoms with Crippen molar-refractivity contribution in [1.82, 2.24) is 14.9 Å². The van der Waals surface area contributed by atoms with Gasteiger partial charge in [0.15, 0.2) is 0 Å². The Bertz CT molecular complexity index is 674. The zero-order chi connectivity index (χ0) is 15.6. The van der Waals surface area contributed by atoms with Crippen LogP contribution < -0.4 is 4.90 Å². The molecule has 1 saturated carbocycles. The summed E-state index contributed by atoms with van der Waals surface area (Å²) in [4.78, 5) is 25.5. The SMILES string of the molecule is O=C(c1cnc(C2CC2)nc1)N1CCN(c2ccccc2)CC1. The van der Waals surface area contributed by atoms with Gasteiger partial charge in [0.2, 0.25) is 0 Å². The third kappa shape index (κ3) is 3.04. The average molecular weight is 308 g/mol. The van der Waals surface area contributed by atoms with Crippen LogP contribution in [0.5, 0.6) is 0 Å².